The van der Waals surface area contributed by atoms with Gasteiger partial charge in [0.25, 0.3) is 5.91 Å². The Bertz CT molecular complexity index is 1240. The molecule has 1 N–H and O–H groups in total. The molecule has 1 aromatic heterocycles. The molecule has 0 saturated heterocycles. The fourth-order valence-corrected chi connectivity index (χ4v) is 4.91. The molecule has 0 aliphatic carbocycles. The second-order valence-corrected chi connectivity index (χ2v) is 9.15. The number of amides is 1. The maximum atomic E-state index is 14.1. The molecule has 4 rings (SSSR count). The quantitative estimate of drug-likeness (QED) is 0.524. The number of hydrogen-bond donors (Lipinski definition) is 1. The fraction of sp³-hybridized carbons (Fsp3) is 0.240. The first-order chi connectivity index (χ1) is 15.8. The van der Waals surface area contributed by atoms with E-state index in [1.54, 1.807) is 13.0 Å². The molecule has 0 unspecified atom stereocenters. The van der Waals surface area contributed by atoms with Gasteiger partial charge in [-0.3, -0.25) is 9.59 Å². The number of aliphatic hydroxyl groups excluding tert-OH is 1. The number of aromatic nitrogens is 1. The Labute approximate surface area is 195 Å². The van der Waals surface area contributed by atoms with Crippen LogP contribution < -0.4 is 0 Å². The predicted octanol–water partition coefficient (Wildman–Crippen LogP) is 4.40. The zero-order valence-corrected chi connectivity index (χ0v) is 19.4. The largest absolute Gasteiger partial charge is 0.503 e. The second kappa shape index (κ2) is 9.25. The van der Waals surface area contributed by atoms with Gasteiger partial charge in [-0.15, -0.1) is 11.3 Å². The predicted molar refractivity (Wildman–Crippen MR) is 126 cm³/mol. The van der Waals surface area contributed by atoms with Crippen molar-refractivity contribution in [1.29, 1.82) is 0 Å². The van der Waals surface area contributed by atoms with Crippen molar-refractivity contribution < 1.29 is 19.1 Å². The Morgan fingerprint density at radius 1 is 1.18 bits per heavy atom. The van der Waals surface area contributed by atoms with E-state index in [2.05, 4.69) is 4.98 Å². The summed E-state index contributed by atoms with van der Waals surface area (Å²) in [6.07, 6.45) is 0. The Kier molecular flexibility index (Phi) is 6.40. The minimum absolute atomic E-state index is 0.0456. The highest BCUT2D eigenvalue weighted by Crippen LogP contribution is 2.41. The van der Waals surface area contributed by atoms with Gasteiger partial charge < -0.3 is 14.9 Å². The fourth-order valence-electron chi connectivity index (χ4n) is 3.88. The molecule has 1 amide bonds. The standard InChI is InChI=1S/C25H24FN3O3S/c1-15-23(33-24(27-15)16-8-5-4-6-9-16)21(30)19-20(17-10-7-11-18(26)14-17)29(13-12-28(2)3)25(32)22(19)31/h4-11,14,20,31H,12-13H2,1-3H3/t20-/m1/s1. The summed E-state index contributed by atoms with van der Waals surface area (Å²) in [6.45, 7) is 2.51. The third-order valence-electron chi connectivity index (χ3n) is 5.52. The number of likely N-dealkylation sites (N-methyl/N-ethyl adjacent to an activating group) is 1. The van der Waals surface area contributed by atoms with Crippen molar-refractivity contribution in [2.75, 3.05) is 27.2 Å². The summed E-state index contributed by atoms with van der Waals surface area (Å²) in [5.74, 6) is -2.19. The average molecular weight is 466 g/mol. The SMILES string of the molecule is Cc1nc(-c2ccccc2)sc1C(=O)C1=C(O)C(=O)N(CCN(C)C)[C@@H]1c1cccc(F)c1. The van der Waals surface area contributed by atoms with Crippen molar-refractivity contribution in [1.82, 2.24) is 14.8 Å². The van der Waals surface area contributed by atoms with Crippen LogP contribution >= 0.6 is 11.3 Å². The molecule has 33 heavy (non-hydrogen) atoms. The first kappa shape index (κ1) is 22.8. The highest BCUT2D eigenvalue weighted by atomic mass is 32.1. The van der Waals surface area contributed by atoms with E-state index in [1.807, 2.05) is 49.3 Å². The Morgan fingerprint density at radius 2 is 1.91 bits per heavy atom. The van der Waals surface area contributed by atoms with E-state index >= 15 is 0 Å². The molecular formula is C25H24FN3O3S. The van der Waals surface area contributed by atoms with Crippen LogP contribution in [0.3, 0.4) is 0 Å². The van der Waals surface area contributed by atoms with Gasteiger partial charge in [0.2, 0.25) is 5.78 Å². The normalized spacial score (nSPS) is 16.2. The lowest BCUT2D eigenvalue weighted by molar-refractivity contribution is -0.129. The molecule has 8 heteroatoms. The van der Waals surface area contributed by atoms with Crippen LogP contribution in [0, 0.1) is 12.7 Å². The molecule has 2 aromatic carbocycles. The van der Waals surface area contributed by atoms with E-state index in [0.717, 1.165) is 5.56 Å². The molecule has 0 fully saturated rings. The molecule has 0 radical (unpaired) electrons. The van der Waals surface area contributed by atoms with Crippen LogP contribution in [0.4, 0.5) is 4.39 Å². The van der Waals surface area contributed by atoms with Crippen LogP contribution in [0.2, 0.25) is 0 Å². The monoisotopic (exact) mass is 465 g/mol. The number of carbonyl (C=O) groups excluding carboxylic acids is 2. The lowest BCUT2D eigenvalue weighted by Gasteiger charge is -2.28. The van der Waals surface area contributed by atoms with Gasteiger partial charge in [0.05, 0.1) is 22.2 Å². The number of carbonyl (C=O) groups is 2. The van der Waals surface area contributed by atoms with Gasteiger partial charge >= 0.3 is 0 Å². The molecule has 1 aliphatic heterocycles. The number of benzene rings is 2. The first-order valence-corrected chi connectivity index (χ1v) is 11.3. The van der Waals surface area contributed by atoms with Crippen LogP contribution in [0.1, 0.15) is 27.0 Å². The van der Waals surface area contributed by atoms with Crippen LogP contribution in [0.25, 0.3) is 10.6 Å². The third kappa shape index (κ3) is 4.44. The van der Waals surface area contributed by atoms with Gasteiger partial charge in [0.1, 0.15) is 10.8 Å². The number of nitrogens with zero attached hydrogens (tertiary/aromatic N) is 3. The number of Topliss-reactive ketones (excluding diaryl/α,β-unsaturated/α-hetero) is 1. The summed E-state index contributed by atoms with van der Waals surface area (Å²) in [6, 6.07) is 14.4. The summed E-state index contributed by atoms with van der Waals surface area (Å²) in [5, 5.41) is 11.5. The van der Waals surface area contributed by atoms with Crippen molar-refractivity contribution in [3.63, 3.8) is 0 Å². The van der Waals surface area contributed by atoms with E-state index in [1.165, 1.54) is 34.4 Å². The lowest BCUT2D eigenvalue weighted by atomic mass is 9.95. The van der Waals surface area contributed by atoms with Gasteiger partial charge in [-0.2, -0.15) is 0 Å². The Hall–Kier alpha value is -3.36. The third-order valence-corrected chi connectivity index (χ3v) is 6.73. The summed E-state index contributed by atoms with van der Waals surface area (Å²) in [7, 11) is 3.73. The van der Waals surface area contributed by atoms with Gasteiger partial charge in [0.15, 0.2) is 5.76 Å². The van der Waals surface area contributed by atoms with Gasteiger partial charge in [-0.1, -0.05) is 42.5 Å². The summed E-state index contributed by atoms with van der Waals surface area (Å²) in [5.41, 5.74) is 1.77. The number of hydrogen-bond acceptors (Lipinski definition) is 6. The maximum Gasteiger partial charge on any atom is 0.290 e. The molecule has 1 atom stereocenters. The summed E-state index contributed by atoms with van der Waals surface area (Å²) >= 11 is 1.21. The topological polar surface area (TPSA) is 73.7 Å². The minimum Gasteiger partial charge on any atom is -0.503 e. The second-order valence-electron chi connectivity index (χ2n) is 8.15. The van der Waals surface area contributed by atoms with Crippen LogP contribution in [-0.4, -0.2) is 58.8 Å². The molecule has 1 aliphatic rings. The van der Waals surface area contributed by atoms with E-state index in [0.29, 0.717) is 27.7 Å². The summed E-state index contributed by atoms with van der Waals surface area (Å²) in [4.78, 5) is 34.9. The van der Waals surface area contributed by atoms with Crippen LogP contribution in [-0.2, 0) is 4.79 Å². The van der Waals surface area contributed by atoms with E-state index < -0.39 is 29.3 Å². The number of ketones is 1. The minimum atomic E-state index is -0.887. The van der Waals surface area contributed by atoms with Crippen molar-refractivity contribution in [3.05, 3.63) is 87.9 Å². The van der Waals surface area contributed by atoms with Crippen LogP contribution in [0.15, 0.2) is 65.9 Å². The molecule has 6 nitrogen and oxygen atoms in total. The highest BCUT2D eigenvalue weighted by Gasteiger charge is 2.44. The van der Waals surface area contributed by atoms with E-state index in [4.69, 9.17) is 0 Å². The van der Waals surface area contributed by atoms with Gasteiger partial charge in [-0.25, -0.2) is 9.37 Å². The van der Waals surface area contributed by atoms with Gasteiger partial charge in [0, 0.05) is 18.7 Å². The number of aryl methyl sites for hydroxylation is 1. The van der Waals surface area contributed by atoms with E-state index in [9.17, 15) is 19.1 Å². The number of rotatable bonds is 7. The number of halogens is 1. The molecule has 0 saturated carbocycles. The molecule has 2 heterocycles. The molecule has 3 aromatic rings. The number of aliphatic hydroxyl groups is 1. The highest BCUT2D eigenvalue weighted by molar-refractivity contribution is 7.17. The Balaban J connectivity index is 1.78. The Morgan fingerprint density at radius 3 is 2.58 bits per heavy atom. The van der Waals surface area contributed by atoms with Crippen LogP contribution in [0.5, 0.6) is 0 Å². The molecule has 0 spiro atoms. The average Bonchev–Trinajstić information content (AvgIpc) is 3.30. The van der Waals surface area contributed by atoms with Gasteiger partial charge in [-0.05, 0) is 38.7 Å². The van der Waals surface area contributed by atoms with Crippen molar-refractivity contribution >= 4 is 23.0 Å². The summed E-state index contributed by atoms with van der Waals surface area (Å²) < 4.78 is 14.1. The first-order valence-electron chi connectivity index (χ1n) is 10.5. The molecule has 170 valence electrons. The molecular weight excluding hydrogens is 441 g/mol. The molecule has 0 bridgehead atoms. The van der Waals surface area contributed by atoms with Crippen molar-refractivity contribution in [3.8, 4) is 10.6 Å². The smallest absolute Gasteiger partial charge is 0.290 e. The van der Waals surface area contributed by atoms with E-state index in [-0.39, 0.29) is 12.1 Å². The van der Waals surface area contributed by atoms with Crippen molar-refractivity contribution in [2.45, 2.75) is 13.0 Å². The zero-order valence-electron chi connectivity index (χ0n) is 18.6. The van der Waals surface area contributed by atoms with Crippen molar-refractivity contribution in [2.24, 2.45) is 0 Å². The zero-order chi connectivity index (χ0) is 23.7. The lowest BCUT2D eigenvalue weighted by Crippen LogP contribution is -2.36. The maximum absolute atomic E-state index is 14.1. The number of thiazole rings is 1.